The Bertz CT molecular complexity index is 595. The van der Waals surface area contributed by atoms with Gasteiger partial charge in [0.2, 0.25) is 0 Å². The molecule has 0 aliphatic rings. The molecule has 0 aliphatic carbocycles. The van der Waals surface area contributed by atoms with E-state index in [1.165, 1.54) is 11.3 Å². The SMILES string of the molecule is CCOC(=O)C(CC)Oc1ccc(-c2csc(N)n2)cc1. The van der Waals surface area contributed by atoms with E-state index in [2.05, 4.69) is 4.98 Å². The van der Waals surface area contributed by atoms with E-state index in [1.54, 1.807) is 6.92 Å². The van der Waals surface area contributed by atoms with Crippen LogP contribution in [0.15, 0.2) is 29.6 Å². The van der Waals surface area contributed by atoms with Crippen molar-refractivity contribution < 1.29 is 14.3 Å². The minimum Gasteiger partial charge on any atom is -0.479 e. The Balaban J connectivity index is 2.06. The van der Waals surface area contributed by atoms with E-state index in [-0.39, 0.29) is 5.97 Å². The summed E-state index contributed by atoms with van der Waals surface area (Å²) in [6, 6.07) is 7.41. The molecule has 112 valence electrons. The Morgan fingerprint density at radius 1 is 1.33 bits per heavy atom. The molecular weight excluding hydrogens is 288 g/mol. The van der Waals surface area contributed by atoms with Crippen LogP contribution in [0.4, 0.5) is 5.13 Å². The number of nitrogen functional groups attached to an aromatic ring is 1. The first-order valence-corrected chi connectivity index (χ1v) is 7.66. The van der Waals surface area contributed by atoms with E-state index in [4.69, 9.17) is 15.2 Å². The number of rotatable bonds is 6. The molecule has 1 aromatic carbocycles. The van der Waals surface area contributed by atoms with E-state index in [0.717, 1.165) is 11.3 Å². The van der Waals surface area contributed by atoms with E-state index in [1.807, 2.05) is 36.6 Å². The highest BCUT2D eigenvalue weighted by Crippen LogP contribution is 2.25. The van der Waals surface area contributed by atoms with Gasteiger partial charge in [-0.25, -0.2) is 9.78 Å². The van der Waals surface area contributed by atoms with Gasteiger partial charge in [-0.1, -0.05) is 6.92 Å². The van der Waals surface area contributed by atoms with Crippen molar-refractivity contribution in [1.29, 1.82) is 0 Å². The second kappa shape index (κ2) is 7.08. The predicted molar refractivity (Wildman–Crippen MR) is 83.3 cm³/mol. The Kier molecular flexibility index (Phi) is 5.16. The number of anilines is 1. The molecular formula is C15H18N2O3S. The molecule has 1 atom stereocenters. The van der Waals surface area contributed by atoms with Crippen LogP contribution < -0.4 is 10.5 Å². The molecule has 6 heteroatoms. The van der Waals surface area contributed by atoms with Crippen molar-refractivity contribution in [3.8, 4) is 17.0 Å². The molecule has 2 N–H and O–H groups in total. The van der Waals surface area contributed by atoms with Crippen LogP contribution in [-0.2, 0) is 9.53 Å². The van der Waals surface area contributed by atoms with Crippen LogP contribution in [0.2, 0.25) is 0 Å². The number of hydrogen-bond acceptors (Lipinski definition) is 6. The van der Waals surface area contributed by atoms with Crippen LogP contribution in [0.1, 0.15) is 20.3 Å². The monoisotopic (exact) mass is 306 g/mol. The molecule has 2 aromatic rings. The van der Waals surface area contributed by atoms with Crippen molar-refractivity contribution in [1.82, 2.24) is 4.98 Å². The van der Waals surface area contributed by atoms with Crippen LogP contribution in [0, 0.1) is 0 Å². The number of carbonyl (C=O) groups excluding carboxylic acids is 1. The third-order valence-electron chi connectivity index (χ3n) is 2.87. The number of carbonyl (C=O) groups is 1. The van der Waals surface area contributed by atoms with Crippen molar-refractivity contribution in [3.05, 3.63) is 29.6 Å². The zero-order valence-electron chi connectivity index (χ0n) is 12.0. The van der Waals surface area contributed by atoms with Gasteiger partial charge in [-0.3, -0.25) is 0 Å². The topological polar surface area (TPSA) is 74.4 Å². The summed E-state index contributed by atoms with van der Waals surface area (Å²) in [7, 11) is 0. The lowest BCUT2D eigenvalue weighted by molar-refractivity contribution is -0.151. The summed E-state index contributed by atoms with van der Waals surface area (Å²) in [5.74, 6) is 0.290. The highest BCUT2D eigenvalue weighted by molar-refractivity contribution is 7.13. The Morgan fingerprint density at radius 2 is 2.05 bits per heavy atom. The highest BCUT2D eigenvalue weighted by atomic mass is 32.1. The average molecular weight is 306 g/mol. The molecule has 1 aromatic heterocycles. The van der Waals surface area contributed by atoms with Gasteiger partial charge in [0.25, 0.3) is 0 Å². The smallest absolute Gasteiger partial charge is 0.347 e. The Morgan fingerprint density at radius 3 is 2.57 bits per heavy atom. The van der Waals surface area contributed by atoms with E-state index >= 15 is 0 Å². The van der Waals surface area contributed by atoms with Crippen LogP contribution in [-0.4, -0.2) is 23.7 Å². The molecule has 1 unspecified atom stereocenters. The highest BCUT2D eigenvalue weighted by Gasteiger charge is 2.19. The van der Waals surface area contributed by atoms with Gasteiger partial charge in [0.15, 0.2) is 11.2 Å². The molecule has 0 saturated heterocycles. The van der Waals surface area contributed by atoms with Gasteiger partial charge >= 0.3 is 5.97 Å². The molecule has 0 saturated carbocycles. The molecule has 0 aliphatic heterocycles. The van der Waals surface area contributed by atoms with Crippen LogP contribution >= 0.6 is 11.3 Å². The van der Waals surface area contributed by atoms with Crippen molar-refractivity contribution >= 4 is 22.4 Å². The van der Waals surface area contributed by atoms with Gasteiger partial charge in [-0.15, -0.1) is 11.3 Å². The maximum Gasteiger partial charge on any atom is 0.347 e. The molecule has 1 heterocycles. The Labute approximate surface area is 127 Å². The number of hydrogen-bond donors (Lipinski definition) is 1. The summed E-state index contributed by atoms with van der Waals surface area (Å²) < 4.78 is 10.6. The molecule has 0 bridgehead atoms. The zero-order valence-corrected chi connectivity index (χ0v) is 12.9. The minimum absolute atomic E-state index is 0.337. The third kappa shape index (κ3) is 3.95. The van der Waals surface area contributed by atoms with E-state index in [9.17, 15) is 4.79 Å². The van der Waals surface area contributed by atoms with Gasteiger partial charge in [0, 0.05) is 10.9 Å². The van der Waals surface area contributed by atoms with Crippen molar-refractivity contribution in [2.24, 2.45) is 0 Å². The predicted octanol–water partition coefficient (Wildman–Crippen LogP) is 3.11. The molecule has 5 nitrogen and oxygen atoms in total. The van der Waals surface area contributed by atoms with Crippen LogP contribution in [0.25, 0.3) is 11.3 Å². The Hall–Kier alpha value is -2.08. The lowest BCUT2D eigenvalue weighted by atomic mass is 10.1. The van der Waals surface area contributed by atoms with Gasteiger partial charge in [-0.2, -0.15) is 0 Å². The van der Waals surface area contributed by atoms with Crippen molar-refractivity contribution in [2.45, 2.75) is 26.4 Å². The summed E-state index contributed by atoms with van der Waals surface area (Å²) in [5, 5.41) is 2.44. The summed E-state index contributed by atoms with van der Waals surface area (Å²) in [4.78, 5) is 15.9. The second-order valence-corrected chi connectivity index (χ2v) is 5.25. The first kappa shape index (κ1) is 15.3. The fourth-order valence-corrected chi connectivity index (χ4v) is 2.39. The van der Waals surface area contributed by atoms with E-state index < -0.39 is 6.10 Å². The molecule has 0 fully saturated rings. The fraction of sp³-hybridized carbons (Fsp3) is 0.333. The zero-order chi connectivity index (χ0) is 15.2. The summed E-state index contributed by atoms with van der Waals surface area (Å²) in [5.41, 5.74) is 7.42. The van der Waals surface area contributed by atoms with Crippen LogP contribution in [0.5, 0.6) is 5.75 Å². The minimum atomic E-state index is -0.578. The van der Waals surface area contributed by atoms with Crippen molar-refractivity contribution in [3.63, 3.8) is 0 Å². The quantitative estimate of drug-likeness (QED) is 0.830. The fourth-order valence-electron chi connectivity index (χ4n) is 1.82. The normalized spacial score (nSPS) is 11.9. The van der Waals surface area contributed by atoms with Gasteiger partial charge in [0.1, 0.15) is 5.75 Å². The summed E-state index contributed by atoms with van der Waals surface area (Å²) >= 11 is 1.40. The van der Waals surface area contributed by atoms with Gasteiger partial charge < -0.3 is 15.2 Å². The average Bonchev–Trinajstić information content (AvgIpc) is 2.92. The molecule has 0 radical (unpaired) electrons. The number of nitrogens with two attached hydrogens (primary N) is 1. The third-order valence-corrected chi connectivity index (χ3v) is 3.54. The summed E-state index contributed by atoms with van der Waals surface area (Å²) in [6.07, 6.45) is -0.0193. The molecule has 2 rings (SSSR count). The van der Waals surface area contributed by atoms with Gasteiger partial charge in [-0.05, 0) is 37.6 Å². The van der Waals surface area contributed by atoms with E-state index in [0.29, 0.717) is 23.9 Å². The number of ether oxygens (including phenoxy) is 2. The number of esters is 1. The first-order chi connectivity index (χ1) is 10.1. The number of nitrogens with zero attached hydrogens (tertiary/aromatic N) is 1. The molecule has 0 amide bonds. The lowest BCUT2D eigenvalue weighted by Gasteiger charge is -2.16. The maximum atomic E-state index is 11.7. The van der Waals surface area contributed by atoms with Gasteiger partial charge in [0.05, 0.1) is 12.3 Å². The first-order valence-electron chi connectivity index (χ1n) is 6.78. The largest absolute Gasteiger partial charge is 0.479 e. The second-order valence-electron chi connectivity index (χ2n) is 4.36. The number of thiazole rings is 1. The number of aromatic nitrogens is 1. The summed E-state index contributed by atoms with van der Waals surface area (Å²) in [6.45, 7) is 4.01. The maximum absolute atomic E-state index is 11.7. The van der Waals surface area contributed by atoms with Crippen LogP contribution in [0.3, 0.4) is 0 Å². The lowest BCUT2D eigenvalue weighted by Crippen LogP contribution is -2.28. The molecule has 0 spiro atoms. The number of benzene rings is 1. The molecule has 21 heavy (non-hydrogen) atoms. The standard InChI is InChI=1S/C15H18N2O3S/c1-3-13(14(18)19-4-2)20-11-7-5-10(6-8-11)12-9-21-15(16)17-12/h5-9,13H,3-4H2,1-2H3,(H2,16,17). The van der Waals surface area contributed by atoms with Crippen molar-refractivity contribution in [2.75, 3.05) is 12.3 Å².